The van der Waals surface area contributed by atoms with Crippen molar-refractivity contribution in [2.24, 2.45) is 0 Å². The van der Waals surface area contributed by atoms with Gasteiger partial charge in [0.2, 0.25) is 5.75 Å². The molecule has 0 aliphatic carbocycles. The molecule has 2 aromatic rings. The van der Waals surface area contributed by atoms with Crippen LogP contribution in [0.1, 0.15) is 29.2 Å². The summed E-state index contributed by atoms with van der Waals surface area (Å²) in [5.41, 5.74) is 3.47. The molecule has 1 aliphatic heterocycles. The second-order valence-corrected chi connectivity index (χ2v) is 8.02. The van der Waals surface area contributed by atoms with Crippen LogP contribution in [-0.4, -0.2) is 71.9 Å². The molecule has 1 N–H and O–H groups in total. The molecule has 1 heterocycles. The Balaban J connectivity index is 2.25. The lowest BCUT2D eigenvalue weighted by Crippen LogP contribution is -2.52. The fraction of sp³-hybridized carbons (Fsp3) is 0.500. The van der Waals surface area contributed by atoms with Gasteiger partial charge in [-0.2, -0.15) is 0 Å². The van der Waals surface area contributed by atoms with Gasteiger partial charge in [0, 0.05) is 30.6 Å². The maximum atomic E-state index is 9.54. The van der Waals surface area contributed by atoms with Crippen LogP contribution in [0.5, 0.6) is 28.7 Å². The molecule has 0 radical (unpaired) electrons. The molecule has 31 heavy (non-hydrogen) atoms. The molecule has 0 saturated carbocycles. The minimum Gasteiger partial charge on any atom is -0.493 e. The Morgan fingerprint density at radius 3 is 1.94 bits per heavy atom. The number of aliphatic hydroxyl groups is 1. The van der Waals surface area contributed by atoms with Gasteiger partial charge in [0.05, 0.1) is 55.7 Å². The van der Waals surface area contributed by atoms with Gasteiger partial charge in [-0.3, -0.25) is 0 Å². The lowest BCUT2D eigenvalue weighted by atomic mass is 9.85. The van der Waals surface area contributed by atoms with Crippen molar-refractivity contribution in [2.75, 3.05) is 62.3 Å². The first-order valence-electron chi connectivity index (χ1n) is 10.5. The number of quaternary nitrogens is 1. The Hall–Kier alpha value is -2.64. The molecular formula is C24H34NO6+. The molecular weight excluding hydrogens is 398 g/mol. The fourth-order valence-corrected chi connectivity index (χ4v) is 4.72. The zero-order valence-electron chi connectivity index (χ0n) is 19.4. The molecule has 0 bridgehead atoms. The van der Waals surface area contributed by atoms with Crippen LogP contribution in [0.2, 0.25) is 0 Å². The maximum Gasteiger partial charge on any atom is 0.203 e. The Morgan fingerprint density at radius 2 is 1.42 bits per heavy atom. The second kappa shape index (κ2) is 9.66. The normalized spacial score (nSPS) is 20.0. The van der Waals surface area contributed by atoms with Gasteiger partial charge in [-0.1, -0.05) is 0 Å². The van der Waals surface area contributed by atoms with Crippen molar-refractivity contribution < 1.29 is 33.3 Å². The Morgan fingerprint density at radius 1 is 0.839 bits per heavy atom. The maximum absolute atomic E-state index is 9.54. The summed E-state index contributed by atoms with van der Waals surface area (Å²) in [4.78, 5) is 0. The van der Waals surface area contributed by atoms with Gasteiger partial charge in [-0.25, -0.2) is 0 Å². The summed E-state index contributed by atoms with van der Waals surface area (Å²) in [7, 11) is 10.4. The molecule has 0 fully saturated rings. The van der Waals surface area contributed by atoms with E-state index in [0.717, 1.165) is 41.7 Å². The van der Waals surface area contributed by atoms with Crippen LogP contribution >= 0.6 is 0 Å². The number of rotatable bonds is 9. The Labute approximate surface area is 184 Å². The lowest BCUT2D eigenvalue weighted by Gasteiger charge is -2.46. The topological polar surface area (TPSA) is 66.4 Å². The highest BCUT2D eigenvalue weighted by atomic mass is 16.5. The first kappa shape index (κ1) is 23.0. The molecule has 0 amide bonds. The third-order valence-corrected chi connectivity index (χ3v) is 6.29. The van der Waals surface area contributed by atoms with Gasteiger partial charge < -0.3 is 33.3 Å². The van der Waals surface area contributed by atoms with Crippen molar-refractivity contribution in [3.8, 4) is 28.7 Å². The number of hydrogen-bond donors (Lipinski definition) is 1. The first-order chi connectivity index (χ1) is 15.0. The summed E-state index contributed by atoms with van der Waals surface area (Å²) in [5.74, 6) is 3.25. The summed E-state index contributed by atoms with van der Waals surface area (Å²) in [6.07, 6.45) is 1.64. The van der Waals surface area contributed by atoms with Crippen LogP contribution in [0.3, 0.4) is 0 Å². The summed E-state index contributed by atoms with van der Waals surface area (Å²) in [6.45, 7) is 1.93. The second-order valence-electron chi connectivity index (χ2n) is 8.02. The van der Waals surface area contributed by atoms with E-state index in [1.54, 1.807) is 35.5 Å². The minimum absolute atomic E-state index is 0.00353. The van der Waals surface area contributed by atoms with Crippen molar-refractivity contribution in [2.45, 2.75) is 18.9 Å². The highest BCUT2D eigenvalue weighted by Gasteiger charge is 2.41. The fourth-order valence-electron chi connectivity index (χ4n) is 4.72. The highest BCUT2D eigenvalue weighted by molar-refractivity contribution is 5.57. The third kappa shape index (κ3) is 4.25. The quantitative estimate of drug-likeness (QED) is 0.614. The van der Waals surface area contributed by atoms with Crippen LogP contribution in [0, 0.1) is 0 Å². The van der Waals surface area contributed by atoms with Gasteiger partial charge in [0.25, 0.3) is 0 Å². The predicted molar refractivity (Wildman–Crippen MR) is 119 cm³/mol. The van der Waals surface area contributed by atoms with E-state index in [9.17, 15) is 5.11 Å². The van der Waals surface area contributed by atoms with E-state index in [1.807, 2.05) is 12.1 Å². The van der Waals surface area contributed by atoms with Crippen LogP contribution < -0.4 is 23.7 Å². The zero-order chi connectivity index (χ0) is 22.6. The smallest absolute Gasteiger partial charge is 0.203 e. The summed E-state index contributed by atoms with van der Waals surface area (Å²) in [5, 5.41) is 9.54. The standard InChI is InChI=1S/C24H34NO6/c1-25(9-7-11-26)10-8-16-12-19(27-2)20(28-3)15-18(16)23(25)17-13-21(29-4)24(31-6)22(14-17)30-5/h12-15,23,26H,7-11H2,1-6H3/q+1/t23-,25+/m1/s1. The average molecular weight is 433 g/mol. The molecule has 7 nitrogen and oxygen atoms in total. The van der Waals surface area contributed by atoms with E-state index in [2.05, 4.69) is 19.2 Å². The third-order valence-electron chi connectivity index (χ3n) is 6.29. The SMILES string of the molecule is COc1cc2c(cc1OC)[C@@H](c1cc(OC)c(OC)c(OC)c1)[N@@+](C)(CCCO)CC2. The number of nitrogens with zero attached hydrogens (tertiary/aromatic N) is 1. The summed E-state index contributed by atoms with van der Waals surface area (Å²) >= 11 is 0. The van der Waals surface area contributed by atoms with E-state index in [0.29, 0.717) is 23.0 Å². The van der Waals surface area contributed by atoms with Gasteiger partial charge in [0.1, 0.15) is 6.04 Å². The molecule has 2 aromatic carbocycles. The van der Waals surface area contributed by atoms with Gasteiger partial charge >= 0.3 is 0 Å². The molecule has 7 heteroatoms. The molecule has 0 aromatic heterocycles. The summed E-state index contributed by atoms with van der Waals surface area (Å²) in [6, 6.07) is 8.20. The number of benzene rings is 2. The molecule has 0 saturated heterocycles. The van der Waals surface area contributed by atoms with E-state index in [4.69, 9.17) is 23.7 Å². The van der Waals surface area contributed by atoms with E-state index < -0.39 is 0 Å². The summed E-state index contributed by atoms with van der Waals surface area (Å²) < 4.78 is 28.7. The van der Waals surface area contributed by atoms with Gasteiger partial charge in [-0.05, 0) is 29.8 Å². The lowest BCUT2D eigenvalue weighted by molar-refractivity contribution is -0.935. The minimum atomic E-state index is 0.00353. The molecule has 2 atom stereocenters. The molecule has 0 unspecified atom stereocenters. The van der Waals surface area contributed by atoms with Crippen molar-refractivity contribution in [1.82, 2.24) is 0 Å². The molecule has 170 valence electrons. The molecule has 1 aliphatic rings. The van der Waals surface area contributed by atoms with Crippen LogP contribution in [0.4, 0.5) is 0 Å². The van der Waals surface area contributed by atoms with E-state index in [1.165, 1.54) is 11.1 Å². The van der Waals surface area contributed by atoms with Crippen molar-refractivity contribution in [3.63, 3.8) is 0 Å². The molecule has 0 spiro atoms. The van der Waals surface area contributed by atoms with Crippen molar-refractivity contribution >= 4 is 0 Å². The van der Waals surface area contributed by atoms with E-state index in [-0.39, 0.29) is 12.6 Å². The monoisotopic (exact) mass is 432 g/mol. The van der Waals surface area contributed by atoms with Crippen LogP contribution in [-0.2, 0) is 6.42 Å². The number of hydrogen-bond acceptors (Lipinski definition) is 6. The zero-order valence-corrected chi connectivity index (χ0v) is 19.4. The largest absolute Gasteiger partial charge is 0.493 e. The van der Waals surface area contributed by atoms with Gasteiger partial charge in [-0.15, -0.1) is 0 Å². The van der Waals surface area contributed by atoms with Crippen molar-refractivity contribution in [3.05, 3.63) is 41.0 Å². The van der Waals surface area contributed by atoms with Gasteiger partial charge in [0.15, 0.2) is 23.0 Å². The van der Waals surface area contributed by atoms with Crippen molar-refractivity contribution in [1.29, 1.82) is 0 Å². The Bertz CT molecular complexity index is 890. The predicted octanol–water partition coefficient (Wildman–Crippen LogP) is 3.20. The van der Waals surface area contributed by atoms with E-state index >= 15 is 0 Å². The Kier molecular flexibility index (Phi) is 7.18. The number of likely N-dealkylation sites (N-methyl/N-ethyl adjacent to an activating group) is 1. The highest BCUT2D eigenvalue weighted by Crippen LogP contribution is 2.48. The number of ether oxygens (including phenoxy) is 5. The number of aliphatic hydroxyl groups excluding tert-OH is 1. The van der Waals surface area contributed by atoms with Crippen LogP contribution in [0.15, 0.2) is 24.3 Å². The van der Waals surface area contributed by atoms with Crippen LogP contribution in [0.25, 0.3) is 0 Å². The number of methoxy groups -OCH3 is 5. The number of fused-ring (bicyclic) bond motifs is 1. The average Bonchev–Trinajstić information content (AvgIpc) is 2.80. The first-order valence-corrected chi connectivity index (χ1v) is 10.5. The molecule has 3 rings (SSSR count).